The van der Waals surface area contributed by atoms with Crippen LogP contribution in [0.25, 0.3) is 0 Å². The standard InChI is InChI=1S/C23H29ClN2O4S/c1-4-12-25(16-19-8-6-5-7-9-19)23(27)20-10-11-21(24)22(13-20)31(28,29)26-14-17(2)30-18(3)15-26/h5-11,13,17-18H,4,12,14-16H2,1-3H3. The van der Waals surface area contributed by atoms with E-state index in [-0.39, 0.29) is 41.1 Å². The van der Waals surface area contributed by atoms with E-state index >= 15 is 0 Å². The zero-order valence-corrected chi connectivity index (χ0v) is 19.7. The molecule has 2 unspecified atom stereocenters. The van der Waals surface area contributed by atoms with Crippen molar-refractivity contribution in [1.29, 1.82) is 0 Å². The van der Waals surface area contributed by atoms with Crippen molar-refractivity contribution in [3.05, 3.63) is 64.7 Å². The number of amides is 1. The van der Waals surface area contributed by atoms with E-state index < -0.39 is 10.0 Å². The number of nitrogens with zero attached hydrogens (tertiary/aromatic N) is 2. The van der Waals surface area contributed by atoms with Crippen molar-refractivity contribution in [2.45, 2.75) is 50.8 Å². The van der Waals surface area contributed by atoms with Crippen molar-refractivity contribution in [2.75, 3.05) is 19.6 Å². The fraction of sp³-hybridized carbons (Fsp3) is 0.435. The Morgan fingerprint density at radius 2 is 1.77 bits per heavy atom. The van der Waals surface area contributed by atoms with Crippen molar-refractivity contribution in [2.24, 2.45) is 0 Å². The fourth-order valence-corrected chi connectivity index (χ4v) is 5.90. The average molecular weight is 465 g/mol. The highest BCUT2D eigenvalue weighted by Crippen LogP contribution is 2.28. The normalized spacial score (nSPS) is 19.9. The number of sulfonamides is 1. The third-order valence-electron chi connectivity index (χ3n) is 5.18. The molecule has 6 nitrogen and oxygen atoms in total. The van der Waals surface area contributed by atoms with Crippen LogP contribution in [0.2, 0.25) is 5.02 Å². The Hall–Kier alpha value is -1.93. The predicted molar refractivity (Wildman–Crippen MR) is 122 cm³/mol. The number of halogens is 1. The molecule has 1 fully saturated rings. The van der Waals surface area contributed by atoms with Gasteiger partial charge in [0, 0.05) is 31.7 Å². The highest BCUT2D eigenvalue weighted by Gasteiger charge is 2.34. The van der Waals surface area contributed by atoms with Gasteiger partial charge in [0.2, 0.25) is 10.0 Å². The van der Waals surface area contributed by atoms with Crippen molar-refractivity contribution in [1.82, 2.24) is 9.21 Å². The summed E-state index contributed by atoms with van der Waals surface area (Å²) in [6, 6.07) is 14.2. The third-order valence-corrected chi connectivity index (χ3v) is 7.49. The minimum absolute atomic E-state index is 0.0440. The van der Waals surface area contributed by atoms with Gasteiger partial charge in [0.25, 0.3) is 5.91 Å². The first-order chi connectivity index (χ1) is 14.7. The molecule has 0 aliphatic carbocycles. The molecule has 8 heteroatoms. The van der Waals surface area contributed by atoms with Crippen LogP contribution in [0.3, 0.4) is 0 Å². The van der Waals surface area contributed by atoms with E-state index in [1.54, 1.807) is 11.0 Å². The number of rotatable bonds is 7. The van der Waals surface area contributed by atoms with E-state index in [2.05, 4.69) is 0 Å². The molecule has 1 aliphatic rings. The molecule has 168 valence electrons. The van der Waals surface area contributed by atoms with Gasteiger partial charge in [0.15, 0.2) is 0 Å². The van der Waals surface area contributed by atoms with Crippen LogP contribution in [-0.4, -0.2) is 55.4 Å². The molecule has 0 aromatic heterocycles. The second-order valence-corrected chi connectivity index (χ2v) is 10.3. The van der Waals surface area contributed by atoms with Crippen LogP contribution in [0, 0.1) is 0 Å². The maximum Gasteiger partial charge on any atom is 0.254 e. The zero-order chi connectivity index (χ0) is 22.6. The average Bonchev–Trinajstić information content (AvgIpc) is 2.73. The van der Waals surface area contributed by atoms with Gasteiger partial charge in [-0.15, -0.1) is 0 Å². The minimum atomic E-state index is -3.86. The first-order valence-electron chi connectivity index (χ1n) is 10.5. The fourth-order valence-electron chi connectivity index (χ4n) is 3.81. The van der Waals surface area contributed by atoms with Crippen LogP contribution in [0.4, 0.5) is 0 Å². The molecule has 2 aromatic rings. The summed E-state index contributed by atoms with van der Waals surface area (Å²) < 4.78 is 33.7. The molecule has 0 bridgehead atoms. The molecule has 0 spiro atoms. The van der Waals surface area contributed by atoms with E-state index in [1.165, 1.54) is 16.4 Å². The van der Waals surface area contributed by atoms with Crippen molar-refractivity contribution in [3.63, 3.8) is 0 Å². The van der Waals surface area contributed by atoms with Crippen molar-refractivity contribution in [3.8, 4) is 0 Å². The number of ether oxygens (including phenoxy) is 1. The maximum atomic E-state index is 13.3. The SMILES string of the molecule is CCCN(Cc1ccccc1)C(=O)c1ccc(Cl)c(S(=O)(=O)N2CC(C)OC(C)C2)c1. The lowest BCUT2D eigenvalue weighted by Crippen LogP contribution is -2.48. The lowest BCUT2D eigenvalue weighted by atomic mass is 10.1. The van der Waals surface area contributed by atoms with Gasteiger partial charge in [-0.2, -0.15) is 4.31 Å². The Kier molecular flexibility index (Phi) is 7.75. The smallest absolute Gasteiger partial charge is 0.254 e. The molecule has 31 heavy (non-hydrogen) atoms. The van der Waals surface area contributed by atoms with Crippen LogP contribution >= 0.6 is 11.6 Å². The monoisotopic (exact) mass is 464 g/mol. The largest absolute Gasteiger partial charge is 0.373 e. The predicted octanol–water partition coefficient (Wildman–Crippen LogP) is 4.19. The summed E-state index contributed by atoms with van der Waals surface area (Å²) in [5.74, 6) is -0.220. The quantitative estimate of drug-likeness (QED) is 0.616. The van der Waals surface area contributed by atoms with Gasteiger partial charge >= 0.3 is 0 Å². The first-order valence-corrected chi connectivity index (χ1v) is 12.3. The van der Waals surface area contributed by atoms with Crippen LogP contribution < -0.4 is 0 Å². The summed E-state index contributed by atoms with van der Waals surface area (Å²) in [5, 5.41) is 0.105. The number of benzene rings is 2. The van der Waals surface area contributed by atoms with Gasteiger partial charge < -0.3 is 9.64 Å². The molecule has 3 rings (SSSR count). The Bertz CT molecular complexity index is 1000. The summed E-state index contributed by atoms with van der Waals surface area (Å²) in [5.41, 5.74) is 1.32. The zero-order valence-electron chi connectivity index (χ0n) is 18.1. The molecule has 2 atom stereocenters. The van der Waals surface area contributed by atoms with Crippen LogP contribution in [-0.2, 0) is 21.3 Å². The number of carbonyl (C=O) groups is 1. The summed E-state index contributed by atoms with van der Waals surface area (Å²) >= 11 is 6.29. The molecule has 0 radical (unpaired) electrons. The first kappa shape index (κ1) is 23.7. The van der Waals surface area contributed by atoms with Gasteiger partial charge in [-0.1, -0.05) is 48.9 Å². The Balaban J connectivity index is 1.90. The highest BCUT2D eigenvalue weighted by atomic mass is 35.5. The molecule has 0 saturated carbocycles. The lowest BCUT2D eigenvalue weighted by Gasteiger charge is -2.34. The van der Waals surface area contributed by atoms with Crippen LogP contribution in [0.1, 0.15) is 43.1 Å². The number of hydrogen-bond acceptors (Lipinski definition) is 4. The van der Waals surface area contributed by atoms with E-state index in [9.17, 15) is 13.2 Å². The Morgan fingerprint density at radius 1 is 1.13 bits per heavy atom. The highest BCUT2D eigenvalue weighted by molar-refractivity contribution is 7.89. The topological polar surface area (TPSA) is 66.9 Å². The summed E-state index contributed by atoms with van der Waals surface area (Å²) in [7, 11) is -3.86. The van der Waals surface area contributed by atoms with Crippen molar-refractivity contribution < 1.29 is 17.9 Å². The molecule has 1 saturated heterocycles. The van der Waals surface area contributed by atoms with Gasteiger partial charge in [-0.3, -0.25) is 4.79 Å². The van der Waals surface area contributed by atoms with E-state index in [4.69, 9.17) is 16.3 Å². The summed E-state index contributed by atoms with van der Waals surface area (Å²) in [4.78, 5) is 15.0. The maximum absolute atomic E-state index is 13.3. The molecular formula is C23H29ClN2O4S. The number of carbonyl (C=O) groups excluding carboxylic acids is 1. The second-order valence-electron chi connectivity index (χ2n) is 7.94. The number of hydrogen-bond donors (Lipinski definition) is 0. The molecule has 1 heterocycles. The molecular weight excluding hydrogens is 436 g/mol. The Labute approximate surface area is 189 Å². The van der Waals surface area contributed by atoms with E-state index in [0.717, 1.165) is 12.0 Å². The Morgan fingerprint density at radius 3 is 2.39 bits per heavy atom. The molecule has 1 aliphatic heterocycles. The summed E-state index contributed by atoms with van der Waals surface area (Å²) in [6.45, 7) is 7.20. The molecule has 2 aromatic carbocycles. The molecule has 0 N–H and O–H groups in total. The lowest BCUT2D eigenvalue weighted by molar-refractivity contribution is -0.0440. The second kappa shape index (κ2) is 10.1. The summed E-state index contributed by atoms with van der Waals surface area (Å²) in [6.07, 6.45) is 0.363. The van der Waals surface area contributed by atoms with E-state index in [0.29, 0.717) is 18.7 Å². The van der Waals surface area contributed by atoms with Gasteiger partial charge in [-0.25, -0.2) is 8.42 Å². The number of morpholine rings is 1. The van der Waals surface area contributed by atoms with Gasteiger partial charge in [-0.05, 0) is 44.0 Å². The van der Waals surface area contributed by atoms with Gasteiger partial charge in [0.1, 0.15) is 4.90 Å². The van der Waals surface area contributed by atoms with Crippen LogP contribution in [0.5, 0.6) is 0 Å². The van der Waals surface area contributed by atoms with Crippen molar-refractivity contribution >= 4 is 27.5 Å². The van der Waals surface area contributed by atoms with Gasteiger partial charge in [0.05, 0.1) is 17.2 Å². The third kappa shape index (κ3) is 5.66. The minimum Gasteiger partial charge on any atom is -0.373 e. The molecule has 1 amide bonds. The van der Waals surface area contributed by atoms with E-state index in [1.807, 2.05) is 51.1 Å². The van der Waals surface area contributed by atoms with Crippen LogP contribution in [0.15, 0.2) is 53.4 Å².